The molecule has 0 saturated heterocycles. The number of benzene rings is 1. The van der Waals surface area contributed by atoms with Crippen LogP contribution in [0.15, 0.2) is 30.5 Å². The van der Waals surface area contributed by atoms with Gasteiger partial charge in [-0.25, -0.2) is 0 Å². The highest BCUT2D eigenvalue weighted by atomic mass is 16.5. The van der Waals surface area contributed by atoms with Crippen LogP contribution in [0, 0.1) is 6.92 Å². The van der Waals surface area contributed by atoms with E-state index in [1.165, 1.54) is 16.7 Å². The van der Waals surface area contributed by atoms with Gasteiger partial charge in [0.05, 0.1) is 24.9 Å². The van der Waals surface area contributed by atoms with E-state index in [0.717, 1.165) is 30.2 Å². The largest absolute Gasteiger partial charge is 0.490 e. The van der Waals surface area contributed by atoms with Gasteiger partial charge in [0.15, 0.2) is 11.5 Å². The smallest absolute Gasteiger partial charge is 0.161 e. The summed E-state index contributed by atoms with van der Waals surface area (Å²) in [6.07, 6.45) is 2.85. The van der Waals surface area contributed by atoms with Crippen molar-refractivity contribution in [2.75, 3.05) is 19.8 Å². The molecule has 4 heteroatoms. The second-order valence-electron chi connectivity index (χ2n) is 5.71. The number of ether oxygens (including phenoxy) is 2. The molecule has 122 valence electrons. The van der Waals surface area contributed by atoms with Gasteiger partial charge in [0.1, 0.15) is 0 Å². The van der Waals surface area contributed by atoms with E-state index in [2.05, 4.69) is 35.4 Å². The van der Waals surface area contributed by atoms with Crippen molar-refractivity contribution >= 4 is 0 Å². The van der Waals surface area contributed by atoms with Gasteiger partial charge >= 0.3 is 0 Å². The molecule has 23 heavy (non-hydrogen) atoms. The number of pyridine rings is 1. The lowest BCUT2D eigenvalue weighted by Crippen LogP contribution is -2.31. The van der Waals surface area contributed by atoms with Crippen molar-refractivity contribution in [2.45, 2.75) is 33.2 Å². The molecule has 0 saturated carbocycles. The van der Waals surface area contributed by atoms with Gasteiger partial charge in [-0.2, -0.15) is 0 Å². The van der Waals surface area contributed by atoms with Gasteiger partial charge in [0.25, 0.3) is 0 Å². The standard InChI is InChI=1S/C19H24N2O2/c1-4-22-16-11-14-8-10-21-19(15(14)12-17(16)23-5-2)18-13(3)7-6-9-20-18/h6-7,9,11-12,19,21H,4-5,8,10H2,1-3H3. The number of rotatable bonds is 5. The third-order valence-corrected chi connectivity index (χ3v) is 4.18. The van der Waals surface area contributed by atoms with Gasteiger partial charge in [-0.3, -0.25) is 4.98 Å². The first-order chi connectivity index (χ1) is 11.2. The average Bonchev–Trinajstić information content (AvgIpc) is 2.56. The van der Waals surface area contributed by atoms with Crippen LogP contribution in [0.3, 0.4) is 0 Å². The summed E-state index contributed by atoms with van der Waals surface area (Å²) in [4.78, 5) is 4.60. The summed E-state index contributed by atoms with van der Waals surface area (Å²) in [6, 6.07) is 8.45. The van der Waals surface area contributed by atoms with Crippen molar-refractivity contribution in [3.05, 3.63) is 52.8 Å². The number of nitrogens with one attached hydrogen (secondary N) is 1. The normalized spacial score (nSPS) is 16.7. The zero-order valence-corrected chi connectivity index (χ0v) is 14.1. The van der Waals surface area contributed by atoms with Crippen LogP contribution >= 0.6 is 0 Å². The van der Waals surface area contributed by atoms with Gasteiger partial charge in [0, 0.05) is 12.7 Å². The van der Waals surface area contributed by atoms with Crippen molar-refractivity contribution in [3.63, 3.8) is 0 Å². The number of aromatic nitrogens is 1. The Morgan fingerprint density at radius 2 is 1.91 bits per heavy atom. The van der Waals surface area contributed by atoms with Crippen LogP contribution in [0.5, 0.6) is 11.5 Å². The monoisotopic (exact) mass is 312 g/mol. The van der Waals surface area contributed by atoms with Crippen LogP contribution in [0.25, 0.3) is 0 Å². The van der Waals surface area contributed by atoms with Crippen molar-refractivity contribution < 1.29 is 9.47 Å². The van der Waals surface area contributed by atoms with Gasteiger partial charge in [-0.1, -0.05) is 6.07 Å². The van der Waals surface area contributed by atoms with Crippen molar-refractivity contribution in [1.82, 2.24) is 10.3 Å². The summed E-state index contributed by atoms with van der Waals surface area (Å²) in [5.41, 5.74) is 4.83. The van der Waals surface area contributed by atoms with Crippen LogP contribution in [-0.2, 0) is 6.42 Å². The van der Waals surface area contributed by atoms with E-state index >= 15 is 0 Å². The lowest BCUT2D eigenvalue weighted by Gasteiger charge is -2.29. The Labute approximate surface area is 137 Å². The lowest BCUT2D eigenvalue weighted by atomic mass is 9.90. The molecular weight excluding hydrogens is 288 g/mol. The molecule has 1 aliphatic heterocycles. The average molecular weight is 312 g/mol. The van der Waals surface area contributed by atoms with Crippen LogP contribution in [-0.4, -0.2) is 24.7 Å². The third-order valence-electron chi connectivity index (χ3n) is 4.18. The van der Waals surface area contributed by atoms with E-state index in [9.17, 15) is 0 Å². The maximum absolute atomic E-state index is 5.80. The predicted octanol–water partition coefficient (Wildman–Crippen LogP) is 3.42. The zero-order valence-electron chi connectivity index (χ0n) is 14.1. The first kappa shape index (κ1) is 15.8. The van der Waals surface area contributed by atoms with Crippen LogP contribution in [0.2, 0.25) is 0 Å². The fraction of sp³-hybridized carbons (Fsp3) is 0.421. The molecule has 1 unspecified atom stereocenters. The molecule has 2 heterocycles. The number of hydrogen-bond acceptors (Lipinski definition) is 4. The third kappa shape index (κ3) is 3.17. The first-order valence-corrected chi connectivity index (χ1v) is 8.31. The van der Waals surface area contributed by atoms with Crippen LogP contribution in [0.1, 0.15) is 42.3 Å². The second kappa shape index (κ2) is 7.01. The molecule has 1 N–H and O–H groups in total. The highest BCUT2D eigenvalue weighted by molar-refractivity contribution is 5.51. The summed E-state index contributed by atoms with van der Waals surface area (Å²) in [6.45, 7) is 8.30. The molecule has 0 fully saturated rings. The lowest BCUT2D eigenvalue weighted by molar-refractivity contribution is 0.286. The Morgan fingerprint density at radius 3 is 2.61 bits per heavy atom. The Bertz CT molecular complexity index is 685. The van der Waals surface area contributed by atoms with E-state index < -0.39 is 0 Å². The minimum absolute atomic E-state index is 0.106. The molecule has 0 radical (unpaired) electrons. The molecular formula is C19H24N2O2. The van der Waals surface area contributed by atoms with E-state index in [0.29, 0.717) is 13.2 Å². The highest BCUT2D eigenvalue weighted by Crippen LogP contribution is 2.37. The molecule has 0 spiro atoms. The Morgan fingerprint density at radius 1 is 1.17 bits per heavy atom. The van der Waals surface area contributed by atoms with Crippen molar-refractivity contribution in [2.24, 2.45) is 0 Å². The maximum Gasteiger partial charge on any atom is 0.161 e. The molecule has 0 bridgehead atoms. The SMILES string of the molecule is CCOc1cc2c(cc1OCC)C(c1ncccc1C)NCC2. The molecule has 0 amide bonds. The summed E-state index contributed by atoms with van der Waals surface area (Å²) in [7, 11) is 0. The Hall–Kier alpha value is -2.07. The van der Waals surface area contributed by atoms with Gasteiger partial charge in [0.2, 0.25) is 0 Å². The molecule has 4 nitrogen and oxygen atoms in total. The minimum atomic E-state index is 0.106. The number of hydrogen-bond donors (Lipinski definition) is 1. The van der Waals surface area contributed by atoms with E-state index in [1.54, 1.807) is 0 Å². The van der Waals surface area contributed by atoms with Crippen molar-refractivity contribution in [3.8, 4) is 11.5 Å². The Balaban J connectivity index is 2.07. The van der Waals surface area contributed by atoms with Crippen LogP contribution < -0.4 is 14.8 Å². The topological polar surface area (TPSA) is 43.4 Å². The fourth-order valence-corrected chi connectivity index (χ4v) is 3.14. The molecule has 1 aromatic heterocycles. The predicted molar refractivity (Wildman–Crippen MR) is 91.3 cm³/mol. The van der Waals surface area contributed by atoms with Gasteiger partial charge < -0.3 is 14.8 Å². The van der Waals surface area contributed by atoms with E-state index in [-0.39, 0.29) is 6.04 Å². The highest BCUT2D eigenvalue weighted by Gasteiger charge is 2.25. The number of nitrogens with zero attached hydrogens (tertiary/aromatic N) is 1. The van der Waals surface area contributed by atoms with Crippen molar-refractivity contribution in [1.29, 1.82) is 0 Å². The quantitative estimate of drug-likeness (QED) is 0.918. The Kier molecular flexibility index (Phi) is 4.82. The van der Waals surface area contributed by atoms with Gasteiger partial charge in [-0.15, -0.1) is 0 Å². The zero-order chi connectivity index (χ0) is 16.2. The summed E-state index contributed by atoms with van der Waals surface area (Å²) < 4.78 is 11.6. The van der Waals surface area contributed by atoms with E-state index in [1.807, 2.05) is 26.1 Å². The number of aryl methyl sites for hydroxylation is 1. The summed E-state index contributed by atoms with van der Waals surface area (Å²) >= 11 is 0. The molecule has 1 aliphatic rings. The molecule has 2 aromatic rings. The molecule has 1 aromatic carbocycles. The van der Waals surface area contributed by atoms with Gasteiger partial charge in [-0.05, 0) is 62.1 Å². The summed E-state index contributed by atoms with van der Waals surface area (Å²) in [5.74, 6) is 1.65. The van der Waals surface area contributed by atoms with E-state index in [4.69, 9.17) is 9.47 Å². The second-order valence-corrected chi connectivity index (χ2v) is 5.71. The molecule has 0 aliphatic carbocycles. The van der Waals surface area contributed by atoms with Crippen LogP contribution in [0.4, 0.5) is 0 Å². The molecule has 3 rings (SSSR count). The minimum Gasteiger partial charge on any atom is -0.490 e. The maximum atomic E-state index is 5.80. The summed E-state index contributed by atoms with van der Waals surface area (Å²) in [5, 5.41) is 3.59. The fourth-order valence-electron chi connectivity index (χ4n) is 3.14. The number of fused-ring (bicyclic) bond motifs is 1. The first-order valence-electron chi connectivity index (χ1n) is 8.31. The molecule has 1 atom stereocenters.